The molecule has 0 bridgehead atoms. The second-order valence-corrected chi connectivity index (χ2v) is 8.95. The quantitative estimate of drug-likeness (QED) is 0.603. The minimum atomic E-state index is -4.42. The molecule has 10 heteroatoms. The van der Waals surface area contributed by atoms with Crippen molar-refractivity contribution in [2.24, 2.45) is 0 Å². The van der Waals surface area contributed by atoms with Gasteiger partial charge in [0.05, 0.1) is 25.3 Å². The van der Waals surface area contributed by atoms with Crippen LogP contribution < -0.4 is 10.5 Å². The van der Waals surface area contributed by atoms with E-state index in [9.17, 15) is 18.0 Å². The van der Waals surface area contributed by atoms with E-state index in [2.05, 4.69) is 9.88 Å². The van der Waals surface area contributed by atoms with Gasteiger partial charge in [-0.25, -0.2) is 4.98 Å². The Morgan fingerprint density at radius 2 is 1.94 bits per heavy atom. The topological polar surface area (TPSA) is 60.2 Å². The van der Waals surface area contributed by atoms with Crippen LogP contribution in [0.2, 0.25) is 0 Å². The molecule has 3 heterocycles. The highest BCUT2D eigenvalue weighted by Gasteiger charge is 2.34. The van der Waals surface area contributed by atoms with E-state index >= 15 is 0 Å². The van der Waals surface area contributed by atoms with Crippen molar-refractivity contribution in [3.63, 3.8) is 0 Å². The number of benzene rings is 1. The Morgan fingerprint density at radius 1 is 1.19 bits per heavy atom. The van der Waals surface area contributed by atoms with Crippen LogP contribution in [0.4, 0.5) is 18.3 Å². The standard InChI is InChI=1S/C21H21F3N4O2S/c1-12-14(3-2-4-15(12)21(22,23)24)11-28-17(13-5-6-13)25-19(29)16-18(28)26-20(31-16)27-7-9-30-10-8-27/h2-4,13H,5-11H2,1H3. The second kappa shape index (κ2) is 7.59. The number of halogens is 3. The molecule has 2 aromatic heterocycles. The maximum Gasteiger partial charge on any atom is 0.416 e. The molecular weight excluding hydrogens is 429 g/mol. The molecule has 3 aromatic rings. The Hall–Kier alpha value is -2.46. The van der Waals surface area contributed by atoms with E-state index < -0.39 is 11.7 Å². The van der Waals surface area contributed by atoms with Crippen LogP contribution in [-0.2, 0) is 17.5 Å². The van der Waals surface area contributed by atoms with Gasteiger partial charge in [-0.3, -0.25) is 4.79 Å². The molecule has 6 nitrogen and oxygen atoms in total. The van der Waals surface area contributed by atoms with Crippen molar-refractivity contribution in [1.29, 1.82) is 0 Å². The first-order valence-corrected chi connectivity index (χ1v) is 11.0. The normalized spacial score (nSPS) is 17.5. The lowest BCUT2D eigenvalue weighted by molar-refractivity contribution is -0.138. The summed E-state index contributed by atoms with van der Waals surface area (Å²) in [6.45, 7) is 4.23. The number of nitrogens with zero attached hydrogens (tertiary/aromatic N) is 4. The Balaban J connectivity index is 1.64. The van der Waals surface area contributed by atoms with E-state index in [4.69, 9.17) is 9.72 Å². The monoisotopic (exact) mass is 450 g/mol. The molecule has 1 aliphatic carbocycles. The van der Waals surface area contributed by atoms with Crippen LogP contribution in [0.25, 0.3) is 10.3 Å². The Kier molecular flexibility index (Phi) is 5.01. The molecule has 164 valence electrons. The van der Waals surface area contributed by atoms with Crippen molar-refractivity contribution in [1.82, 2.24) is 14.5 Å². The Labute approximate surface area is 180 Å². The molecule has 0 unspecified atom stereocenters. The largest absolute Gasteiger partial charge is 0.416 e. The van der Waals surface area contributed by atoms with Gasteiger partial charge in [-0.2, -0.15) is 18.2 Å². The fourth-order valence-electron chi connectivity index (χ4n) is 3.98. The molecule has 0 spiro atoms. The summed E-state index contributed by atoms with van der Waals surface area (Å²) in [4.78, 5) is 23.9. The van der Waals surface area contributed by atoms with Crippen LogP contribution in [0.1, 0.15) is 41.3 Å². The molecule has 1 saturated carbocycles. The average molecular weight is 450 g/mol. The lowest BCUT2D eigenvalue weighted by Crippen LogP contribution is -2.36. The van der Waals surface area contributed by atoms with Crippen molar-refractivity contribution in [3.05, 3.63) is 51.1 Å². The van der Waals surface area contributed by atoms with Crippen LogP contribution in [0.15, 0.2) is 23.0 Å². The van der Waals surface area contributed by atoms with Crippen LogP contribution in [0, 0.1) is 6.92 Å². The molecule has 5 rings (SSSR count). The summed E-state index contributed by atoms with van der Waals surface area (Å²) < 4.78 is 47.9. The number of anilines is 1. The zero-order valence-electron chi connectivity index (χ0n) is 16.9. The number of fused-ring (bicyclic) bond motifs is 1. The van der Waals surface area contributed by atoms with Gasteiger partial charge in [0.1, 0.15) is 10.5 Å². The van der Waals surface area contributed by atoms with E-state index in [1.807, 2.05) is 4.57 Å². The van der Waals surface area contributed by atoms with E-state index in [0.717, 1.165) is 24.0 Å². The molecule has 0 N–H and O–H groups in total. The lowest BCUT2D eigenvalue weighted by Gasteiger charge is -2.25. The highest BCUT2D eigenvalue weighted by atomic mass is 32.1. The van der Waals surface area contributed by atoms with Gasteiger partial charge in [-0.15, -0.1) is 0 Å². The van der Waals surface area contributed by atoms with Gasteiger partial charge in [-0.05, 0) is 37.0 Å². The average Bonchev–Trinajstić information content (AvgIpc) is 3.48. The Morgan fingerprint density at radius 3 is 2.61 bits per heavy atom. The van der Waals surface area contributed by atoms with E-state index in [0.29, 0.717) is 48.0 Å². The maximum absolute atomic E-state index is 13.4. The van der Waals surface area contributed by atoms with Crippen LogP contribution in [0.3, 0.4) is 0 Å². The highest BCUT2D eigenvalue weighted by Crippen LogP contribution is 2.41. The minimum Gasteiger partial charge on any atom is -0.378 e. The van der Waals surface area contributed by atoms with Gasteiger partial charge in [0.2, 0.25) is 0 Å². The van der Waals surface area contributed by atoms with Gasteiger partial charge in [0.25, 0.3) is 5.56 Å². The third-order valence-electron chi connectivity index (χ3n) is 5.84. The van der Waals surface area contributed by atoms with Gasteiger partial charge in [0, 0.05) is 19.0 Å². The van der Waals surface area contributed by atoms with Crippen LogP contribution in [0.5, 0.6) is 0 Å². The van der Waals surface area contributed by atoms with Gasteiger partial charge in [-0.1, -0.05) is 23.5 Å². The number of morpholine rings is 1. The number of rotatable bonds is 4. The van der Waals surface area contributed by atoms with Crippen LogP contribution in [-0.4, -0.2) is 40.8 Å². The fraction of sp³-hybridized carbons (Fsp3) is 0.476. The predicted octanol–water partition coefficient (Wildman–Crippen LogP) is 3.94. The van der Waals surface area contributed by atoms with Crippen molar-refractivity contribution in [3.8, 4) is 0 Å². The molecule has 2 aliphatic rings. The number of hydrogen-bond acceptors (Lipinski definition) is 6. The third kappa shape index (κ3) is 3.82. The van der Waals surface area contributed by atoms with Crippen molar-refractivity contribution >= 4 is 26.8 Å². The summed E-state index contributed by atoms with van der Waals surface area (Å²) in [5.74, 6) is 0.768. The summed E-state index contributed by atoms with van der Waals surface area (Å²) >= 11 is 1.29. The van der Waals surface area contributed by atoms with Gasteiger partial charge in [0.15, 0.2) is 10.8 Å². The fourth-order valence-corrected chi connectivity index (χ4v) is 4.98. The molecule has 0 amide bonds. The summed E-state index contributed by atoms with van der Waals surface area (Å²) in [6, 6.07) is 4.22. The minimum absolute atomic E-state index is 0.150. The first-order chi connectivity index (χ1) is 14.8. The number of hydrogen-bond donors (Lipinski definition) is 0. The first kappa shape index (κ1) is 20.4. The lowest BCUT2D eigenvalue weighted by atomic mass is 10.0. The molecule has 1 saturated heterocycles. The molecule has 2 fully saturated rings. The molecular formula is C21H21F3N4O2S. The molecule has 1 aliphatic heterocycles. The highest BCUT2D eigenvalue weighted by molar-refractivity contribution is 7.22. The summed E-state index contributed by atoms with van der Waals surface area (Å²) in [5, 5.41) is 0.722. The number of ether oxygens (including phenoxy) is 1. The zero-order valence-corrected chi connectivity index (χ0v) is 17.7. The molecule has 1 aromatic carbocycles. The third-order valence-corrected chi connectivity index (χ3v) is 6.94. The predicted molar refractivity (Wildman–Crippen MR) is 112 cm³/mol. The smallest absolute Gasteiger partial charge is 0.378 e. The molecule has 0 atom stereocenters. The van der Waals surface area contributed by atoms with Gasteiger partial charge >= 0.3 is 6.18 Å². The molecule has 31 heavy (non-hydrogen) atoms. The van der Waals surface area contributed by atoms with Crippen molar-refractivity contribution < 1.29 is 17.9 Å². The summed E-state index contributed by atoms with van der Waals surface area (Å²) in [6.07, 6.45) is -2.58. The van der Waals surface area contributed by atoms with E-state index in [1.54, 1.807) is 6.07 Å². The van der Waals surface area contributed by atoms with Crippen molar-refractivity contribution in [2.75, 3.05) is 31.2 Å². The van der Waals surface area contributed by atoms with Gasteiger partial charge < -0.3 is 14.2 Å². The van der Waals surface area contributed by atoms with E-state index in [-0.39, 0.29) is 23.6 Å². The summed E-state index contributed by atoms with van der Waals surface area (Å²) in [7, 11) is 0. The maximum atomic E-state index is 13.4. The number of thiazole rings is 1. The second-order valence-electron chi connectivity index (χ2n) is 7.97. The number of alkyl halides is 3. The van der Waals surface area contributed by atoms with Crippen LogP contribution >= 0.6 is 11.3 Å². The van der Waals surface area contributed by atoms with Crippen molar-refractivity contribution in [2.45, 2.75) is 38.4 Å². The summed E-state index contributed by atoms with van der Waals surface area (Å²) in [5.41, 5.74) is 0.281. The number of aromatic nitrogens is 3. The zero-order chi connectivity index (χ0) is 21.8. The first-order valence-electron chi connectivity index (χ1n) is 10.2. The SMILES string of the molecule is Cc1c(Cn2c(C3CC3)nc(=O)c3sc(N4CCOCC4)nc32)cccc1C(F)(F)F. The molecule has 0 radical (unpaired) electrons. The Bertz CT molecular complexity index is 1190. The van der Waals surface area contributed by atoms with E-state index in [1.165, 1.54) is 24.3 Å².